The number of furan rings is 1. The van der Waals surface area contributed by atoms with Crippen LogP contribution in [0.3, 0.4) is 0 Å². The molecule has 0 radical (unpaired) electrons. The number of nitrogens with zero attached hydrogens (tertiary/aromatic N) is 2. The number of amides is 1. The van der Waals surface area contributed by atoms with Crippen molar-refractivity contribution in [3.05, 3.63) is 40.7 Å². The Hall–Kier alpha value is -2.04. The van der Waals surface area contributed by atoms with E-state index in [1.807, 2.05) is 37.8 Å². The van der Waals surface area contributed by atoms with E-state index in [0.717, 1.165) is 47.9 Å². The summed E-state index contributed by atoms with van der Waals surface area (Å²) >= 11 is 0. The smallest absolute Gasteiger partial charge is 0.227 e. The Balaban J connectivity index is 1.82. The van der Waals surface area contributed by atoms with E-state index in [1.165, 1.54) is 0 Å². The van der Waals surface area contributed by atoms with Crippen molar-refractivity contribution in [3.8, 4) is 0 Å². The predicted molar refractivity (Wildman–Crippen MR) is 86.0 cm³/mol. The fraction of sp³-hybridized carbons (Fsp3) is 0.556. The average Bonchev–Trinajstić information content (AvgIpc) is 3.07. The summed E-state index contributed by atoms with van der Waals surface area (Å²) in [4.78, 5) is 14.8. The van der Waals surface area contributed by atoms with Gasteiger partial charge in [0, 0.05) is 12.1 Å². The Bertz CT molecular complexity index is 681. The zero-order chi connectivity index (χ0) is 16.6. The molecule has 0 saturated carbocycles. The van der Waals surface area contributed by atoms with Crippen molar-refractivity contribution in [1.29, 1.82) is 0 Å². The zero-order valence-corrected chi connectivity index (χ0v) is 14.3. The number of hydrogen-bond donors (Lipinski definition) is 0. The molecular formula is C18H24N2O3. The Kier molecular flexibility index (Phi) is 4.28. The van der Waals surface area contributed by atoms with Crippen LogP contribution >= 0.6 is 0 Å². The van der Waals surface area contributed by atoms with E-state index < -0.39 is 0 Å². The number of piperidine rings is 1. The molecule has 0 spiro atoms. The van der Waals surface area contributed by atoms with Crippen LogP contribution in [0.2, 0.25) is 0 Å². The van der Waals surface area contributed by atoms with Crippen LogP contribution < -0.4 is 0 Å². The van der Waals surface area contributed by atoms with Crippen LogP contribution in [0.15, 0.2) is 21.1 Å². The van der Waals surface area contributed by atoms with Gasteiger partial charge in [0.05, 0.1) is 18.2 Å². The lowest BCUT2D eigenvalue weighted by Crippen LogP contribution is -2.41. The topological polar surface area (TPSA) is 59.5 Å². The molecule has 3 heterocycles. The van der Waals surface area contributed by atoms with Crippen LogP contribution in [-0.4, -0.2) is 22.5 Å². The third kappa shape index (κ3) is 3.19. The van der Waals surface area contributed by atoms with Gasteiger partial charge in [-0.3, -0.25) is 4.79 Å². The van der Waals surface area contributed by atoms with E-state index in [1.54, 1.807) is 0 Å². The minimum atomic E-state index is 0.0282. The van der Waals surface area contributed by atoms with Gasteiger partial charge in [-0.15, -0.1) is 0 Å². The number of aromatic nitrogens is 1. The van der Waals surface area contributed by atoms with Gasteiger partial charge < -0.3 is 13.8 Å². The van der Waals surface area contributed by atoms with Gasteiger partial charge in [0.15, 0.2) is 0 Å². The third-order valence-electron chi connectivity index (χ3n) is 4.78. The van der Waals surface area contributed by atoms with Crippen molar-refractivity contribution in [1.82, 2.24) is 10.1 Å². The van der Waals surface area contributed by atoms with Gasteiger partial charge in [-0.2, -0.15) is 0 Å². The largest absolute Gasteiger partial charge is 0.464 e. The summed E-state index contributed by atoms with van der Waals surface area (Å²) in [5.74, 6) is 3.21. The SMILES string of the molecule is Cc1ccc(C2CC(C)CCN2C(=O)Cc2c(C)noc2C)o1. The molecule has 0 N–H and O–H groups in total. The van der Waals surface area contributed by atoms with E-state index >= 15 is 0 Å². The molecule has 1 aliphatic rings. The fourth-order valence-electron chi connectivity index (χ4n) is 3.35. The van der Waals surface area contributed by atoms with Crippen molar-refractivity contribution in [2.75, 3.05) is 6.54 Å². The molecule has 1 fully saturated rings. The van der Waals surface area contributed by atoms with Crippen molar-refractivity contribution in [2.24, 2.45) is 5.92 Å². The molecule has 5 nitrogen and oxygen atoms in total. The van der Waals surface area contributed by atoms with Crippen molar-refractivity contribution in [3.63, 3.8) is 0 Å². The normalized spacial score (nSPS) is 21.7. The summed E-state index contributed by atoms with van der Waals surface area (Å²) in [6.45, 7) is 8.68. The van der Waals surface area contributed by atoms with Crippen LogP contribution in [0.25, 0.3) is 0 Å². The van der Waals surface area contributed by atoms with E-state index in [4.69, 9.17) is 8.94 Å². The number of carbonyl (C=O) groups is 1. The molecule has 5 heteroatoms. The molecule has 2 unspecified atom stereocenters. The Labute approximate surface area is 136 Å². The second kappa shape index (κ2) is 6.22. The number of carbonyl (C=O) groups excluding carboxylic acids is 1. The molecule has 3 rings (SSSR count). The highest BCUT2D eigenvalue weighted by Crippen LogP contribution is 2.35. The van der Waals surface area contributed by atoms with Crippen LogP contribution in [0.5, 0.6) is 0 Å². The number of rotatable bonds is 3. The molecule has 124 valence electrons. The van der Waals surface area contributed by atoms with Gasteiger partial charge >= 0.3 is 0 Å². The Morgan fingerprint density at radius 2 is 2.13 bits per heavy atom. The van der Waals surface area contributed by atoms with E-state index in [9.17, 15) is 4.79 Å². The van der Waals surface area contributed by atoms with E-state index in [0.29, 0.717) is 12.3 Å². The first-order chi connectivity index (χ1) is 11.0. The Morgan fingerprint density at radius 3 is 2.74 bits per heavy atom. The fourth-order valence-corrected chi connectivity index (χ4v) is 3.35. The second-order valence-corrected chi connectivity index (χ2v) is 6.66. The monoisotopic (exact) mass is 316 g/mol. The van der Waals surface area contributed by atoms with Crippen molar-refractivity contribution < 1.29 is 13.7 Å². The van der Waals surface area contributed by atoms with E-state index in [-0.39, 0.29) is 11.9 Å². The number of hydrogen-bond acceptors (Lipinski definition) is 4. The highest BCUT2D eigenvalue weighted by molar-refractivity contribution is 5.79. The minimum absolute atomic E-state index is 0.0282. The quantitative estimate of drug-likeness (QED) is 0.865. The molecule has 0 aromatic carbocycles. The maximum atomic E-state index is 12.9. The lowest BCUT2D eigenvalue weighted by Gasteiger charge is -2.37. The van der Waals surface area contributed by atoms with Gasteiger partial charge in [-0.25, -0.2) is 0 Å². The molecule has 2 aromatic heterocycles. The molecule has 23 heavy (non-hydrogen) atoms. The van der Waals surface area contributed by atoms with Crippen LogP contribution in [0.4, 0.5) is 0 Å². The maximum Gasteiger partial charge on any atom is 0.227 e. The van der Waals surface area contributed by atoms with Crippen LogP contribution in [0, 0.1) is 26.7 Å². The number of aryl methyl sites for hydroxylation is 3. The molecule has 2 atom stereocenters. The van der Waals surface area contributed by atoms with Crippen LogP contribution in [-0.2, 0) is 11.2 Å². The summed E-state index contributed by atoms with van der Waals surface area (Å²) in [5.41, 5.74) is 1.70. The second-order valence-electron chi connectivity index (χ2n) is 6.66. The van der Waals surface area contributed by atoms with Gasteiger partial charge in [0.2, 0.25) is 5.91 Å². The summed E-state index contributed by atoms with van der Waals surface area (Å²) in [6.07, 6.45) is 2.32. The molecular weight excluding hydrogens is 292 g/mol. The molecule has 0 bridgehead atoms. The van der Waals surface area contributed by atoms with Gasteiger partial charge in [0.1, 0.15) is 17.3 Å². The molecule has 2 aromatic rings. The molecule has 0 aliphatic carbocycles. The zero-order valence-electron chi connectivity index (χ0n) is 14.3. The highest BCUT2D eigenvalue weighted by atomic mass is 16.5. The molecule has 1 aliphatic heterocycles. The predicted octanol–water partition coefficient (Wildman–Crippen LogP) is 3.74. The van der Waals surface area contributed by atoms with Crippen LogP contribution in [0.1, 0.15) is 54.3 Å². The first-order valence-electron chi connectivity index (χ1n) is 8.23. The summed E-state index contributed by atoms with van der Waals surface area (Å²) < 4.78 is 11.0. The molecule has 1 amide bonds. The maximum absolute atomic E-state index is 12.9. The lowest BCUT2D eigenvalue weighted by molar-refractivity contribution is -0.135. The first kappa shape index (κ1) is 15.8. The minimum Gasteiger partial charge on any atom is -0.464 e. The van der Waals surface area contributed by atoms with Gasteiger partial charge in [0.25, 0.3) is 0 Å². The van der Waals surface area contributed by atoms with E-state index in [2.05, 4.69) is 12.1 Å². The Morgan fingerprint density at radius 1 is 1.35 bits per heavy atom. The molecule has 1 saturated heterocycles. The van der Waals surface area contributed by atoms with Gasteiger partial charge in [-0.05, 0) is 51.7 Å². The first-order valence-corrected chi connectivity index (χ1v) is 8.23. The van der Waals surface area contributed by atoms with Crippen molar-refractivity contribution >= 4 is 5.91 Å². The summed E-state index contributed by atoms with van der Waals surface area (Å²) in [7, 11) is 0. The summed E-state index contributed by atoms with van der Waals surface area (Å²) in [5, 5.41) is 3.94. The average molecular weight is 316 g/mol. The lowest BCUT2D eigenvalue weighted by atomic mass is 9.90. The third-order valence-corrected chi connectivity index (χ3v) is 4.78. The van der Waals surface area contributed by atoms with Gasteiger partial charge in [-0.1, -0.05) is 12.1 Å². The highest BCUT2D eigenvalue weighted by Gasteiger charge is 2.33. The summed E-state index contributed by atoms with van der Waals surface area (Å²) in [6, 6.07) is 3.99. The standard InChI is InChI=1S/C18H24N2O3/c1-11-7-8-20(16(9-11)17-6-5-12(2)22-17)18(21)10-15-13(3)19-23-14(15)4/h5-6,11,16H,7-10H2,1-4H3. The van der Waals surface area contributed by atoms with Crippen molar-refractivity contribution in [2.45, 2.75) is 53.0 Å². The number of likely N-dealkylation sites (tertiary alicyclic amines) is 1.